The molecule has 0 saturated carbocycles. The van der Waals surface area contributed by atoms with Gasteiger partial charge in [-0.1, -0.05) is 12.1 Å². The Balaban J connectivity index is 1.68. The van der Waals surface area contributed by atoms with Crippen LogP contribution in [0.2, 0.25) is 0 Å². The zero-order valence-electron chi connectivity index (χ0n) is 15.9. The predicted molar refractivity (Wildman–Crippen MR) is 104 cm³/mol. The van der Waals surface area contributed by atoms with Crippen LogP contribution in [0.15, 0.2) is 51.7 Å². The van der Waals surface area contributed by atoms with E-state index in [1.807, 2.05) is 0 Å². The van der Waals surface area contributed by atoms with E-state index in [0.717, 1.165) is 6.07 Å². The standard InChI is InChI=1S/C20H20F3N3O3/c1-25(2)13-9-10-15(14(12-13)20(21,22)23)24-18(27)8-5-11-26-16-6-3-4-7-17(16)29-19(26)28/h3-4,6-7,9-10,12H,5,8,11H2,1-2H3,(H,24,27). The van der Waals surface area contributed by atoms with Gasteiger partial charge in [-0.2, -0.15) is 13.2 Å². The van der Waals surface area contributed by atoms with Crippen LogP contribution in [0.5, 0.6) is 0 Å². The number of amides is 1. The Morgan fingerprint density at radius 1 is 1.17 bits per heavy atom. The number of carbonyl (C=O) groups is 1. The Morgan fingerprint density at radius 3 is 2.59 bits per heavy atom. The minimum atomic E-state index is -4.60. The minimum Gasteiger partial charge on any atom is -0.408 e. The highest BCUT2D eigenvalue weighted by Crippen LogP contribution is 2.37. The molecule has 3 aromatic rings. The normalized spacial score (nSPS) is 11.6. The molecule has 29 heavy (non-hydrogen) atoms. The third-order valence-electron chi connectivity index (χ3n) is 4.46. The van der Waals surface area contributed by atoms with Gasteiger partial charge in [0.05, 0.1) is 16.8 Å². The molecule has 0 spiro atoms. The zero-order chi connectivity index (χ0) is 21.2. The van der Waals surface area contributed by atoms with E-state index in [1.54, 1.807) is 43.3 Å². The van der Waals surface area contributed by atoms with Crippen LogP contribution in [-0.4, -0.2) is 24.6 Å². The number of nitrogens with zero attached hydrogens (tertiary/aromatic N) is 2. The number of para-hydroxylation sites is 2. The predicted octanol–water partition coefficient (Wildman–Crippen LogP) is 4.10. The van der Waals surface area contributed by atoms with Gasteiger partial charge in [0.1, 0.15) is 0 Å². The van der Waals surface area contributed by atoms with Gasteiger partial charge in [0, 0.05) is 32.7 Å². The third-order valence-corrected chi connectivity index (χ3v) is 4.46. The van der Waals surface area contributed by atoms with Crippen molar-refractivity contribution in [1.82, 2.24) is 4.57 Å². The van der Waals surface area contributed by atoms with Gasteiger partial charge in [-0.05, 0) is 36.8 Å². The molecule has 0 fully saturated rings. The summed E-state index contributed by atoms with van der Waals surface area (Å²) in [6, 6.07) is 10.6. The molecule has 1 aromatic heterocycles. The second kappa shape index (κ2) is 8.02. The average molecular weight is 407 g/mol. The highest BCUT2D eigenvalue weighted by molar-refractivity contribution is 5.92. The molecule has 6 nitrogen and oxygen atoms in total. The summed E-state index contributed by atoms with van der Waals surface area (Å²) in [5, 5.41) is 2.33. The molecule has 0 unspecified atom stereocenters. The number of aromatic nitrogens is 1. The lowest BCUT2D eigenvalue weighted by atomic mass is 10.1. The van der Waals surface area contributed by atoms with Crippen LogP contribution < -0.4 is 16.0 Å². The van der Waals surface area contributed by atoms with Gasteiger partial charge in [0.15, 0.2) is 5.58 Å². The molecule has 0 aliphatic rings. The van der Waals surface area contributed by atoms with Crippen molar-refractivity contribution in [1.29, 1.82) is 0 Å². The van der Waals surface area contributed by atoms with Crippen molar-refractivity contribution in [2.24, 2.45) is 0 Å². The molecular weight excluding hydrogens is 387 g/mol. The van der Waals surface area contributed by atoms with Gasteiger partial charge in [-0.3, -0.25) is 9.36 Å². The fourth-order valence-corrected chi connectivity index (χ4v) is 2.99. The number of anilines is 2. The lowest BCUT2D eigenvalue weighted by Crippen LogP contribution is -2.19. The smallest absolute Gasteiger partial charge is 0.408 e. The molecule has 9 heteroatoms. The van der Waals surface area contributed by atoms with Crippen molar-refractivity contribution >= 4 is 28.4 Å². The van der Waals surface area contributed by atoms with Gasteiger partial charge < -0.3 is 14.6 Å². The number of carbonyl (C=O) groups excluding carboxylic acids is 1. The lowest BCUT2D eigenvalue weighted by Gasteiger charge is -2.18. The van der Waals surface area contributed by atoms with E-state index in [4.69, 9.17) is 4.42 Å². The van der Waals surface area contributed by atoms with Crippen molar-refractivity contribution in [3.8, 4) is 0 Å². The van der Waals surface area contributed by atoms with E-state index in [9.17, 15) is 22.8 Å². The van der Waals surface area contributed by atoms with Crippen molar-refractivity contribution in [2.45, 2.75) is 25.6 Å². The van der Waals surface area contributed by atoms with Gasteiger partial charge in [0.2, 0.25) is 5.91 Å². The molecule has 1 heterocycles. The number of halogens is 3. The van der Waals surface area contributed by atoms with E-state index in [1.165, 1.54) is 16.7 Å². The Kier molecular flexibility index (Phi) is 5.67. The van der Waals surface area contributed by atoms with Gasteiger partial charge >= 0.3 is 11.9 Å². The fourth-order valence-electron chi connectivity index (χ4n) is 2.99. The molecule has 3 rings (SSSR count). The van der Waals surface area contributed by atoms with Crippen LogP contribution in [0.3, 0.4) is 0 Å². The van der Waals surface area contributed by atoms with Gasteiger partial charge in [-0.25, -0.2) is 4.79 Å². The van der Waals surface area contributed by atoms with Crippen LogP contribution in [0.4, 0.5) is 24.5 Å². The van der Waals surface area contributed by atoms with Crippen LogP contribution in [-0.2, 0) is 17.5 Å². The summed E-state index contributed by atoms with van der Waals surface area (Å²) in [6.45, 7) is 0.217. The van der Waals surface area contributed by atoms with E-state index in [0.29, 0.717) is 16.8 Å². The first-order valence-electron chi connectivity index (χ1n) is 8.93. The minimum absolute atomic E-state index is 0.0430. The Labute approximate surface area is 164 Å². The van der Waals surface area contributed by atoms with Crippen LogP contribution >= 0.6 is 0 Å². The number of benzene rings is 2. The third kappa shape index (κ3) is 4.61. The van der Waals surface area contributed by atoms with Crippen molar-refractivity contribution < 1.29 is 22.4 Å². The molecule has 2 aromatic carbocycles. The summed E-state index contributed by atoms with van der Waals surface area (Å²) in [6.07, 6.45) is -4.37. The first-order valence-corrected chi connectivity index (χ1v) is 8.93. The summed E-state index contributed by atoms with van der Waals surface area (Å²) in [7, 11) is 3.27. The van der Waals surface area contributed by atoms with Gasteiger partial charge in [0.25, 0.3) is 0 Å². The average Bonchev–Trinajstić information content (AvgIpc) is 2.96. The van der Waals surface area contributed by atoms with E-state index in [-0.39, 0.29) is 25.1 Å². The SMILES string of the molecule is CN(C)c1ccc(NC(=O)CCCn2c(=O)oc3ccccc32)c(C(F)(F)F)c1. The summed E-state index contributed by atoms with van der Waals surface area (Å²) in [4.78, 5) is 25.7. The summed E-state index contributed by atoms with van der Waals surface area (Å²) in [5.74, 6) is -1.10. The zero-order valence-corrected chi connectivity index (χ0v) is 15.9. The number of aryl methyl sites for hydroxylation is 1. The first kappa shape index (κ1) is 20.5. The molecule has 0 bridgehead atoms. The molecule has 0 saturated heterocycles. The number of alkyl halides is 3. The molecular formula is C20H20F3N3O3. The first-order chi connectivity index (χ1) is 13.7. The maximum absolute atomic E-state index is 13.4. The summed E-state index contributed by atoms with van der Waals surface area (Å²) in [5.41, 5.74) is 0.226. The lowest BCUT2D eigenvalue weighted by molar-refractivity contribution is -0.136. The topological polar surface area (TPSA) is 67.5 Å². The van der Waals surface area contributed by atoms with Crippen molar-refractivity contribution in [2.75, 3.05) is 24.3 Å². The Hall–Kier alpha value is -3.23. The van der Waals surface area contributed by atoms with Crippen molar-refractivity contribution in [3.05, 3.63) is 58.6 Å². The number of hydrogen-bond acceptors (Lipinski definition) is 4. The van der Waals surface area contributed by atoms with E-state index < -0.39 is 23.4 Å². The molecule has 1 N–H and O–H groups in total. The number of fused-ring (bicyclic) bond motifs is 1. The molecule has 0 radical (unpaired) electrons. The summed E-state index contributed by atoms with van der Waals surface area (Å²) < 4.78 is 46.6. The molecule has 1 amide bonds. The van der Waals surface area contributed by atoms with Gasteiger partial charge in [-0.15, -0.1) is 0 Å². The quantitative estimate of drug-likeness (QED) is 0.668. The largest absolute Gasteiger partial charge is 0.419 e. The highest BCUT2D eigenvalue weighted by Gasteiger charge is 2.34. The van der Waals surface area contributed by atoms with Crippen LogP contribution in [0.1, 0.15) is 18.4 Å². The fraction of sp³-hybridized carbons (Fsp3) is 0.300. The van der Waals surface area contributed by atoms with E-state index >= 15 is 0 Å². The van der Waals surface area contributed by atoms with Crippen molar-refractivity contribution in [3.63, 3.8) is 0 Å². The number of oxazole rings is 1. The summed E-state index contributed by atoms with van der Waals surface area (Å²) >= 11 is 0. The highest BCUT2D eigenvalue weighted by atomic mass is 19.4. The number of hydrogen-bond donors (Lipinski definition) is 1. The molecule has 154 valence electrons. The van der Waals surface area contributed by atoms with Crippen LogP contribution in [0, 0.1) is 0 Å². The van der Waals surface area contributed by atoms with Crippen LogP contribution in [0.25, 0.3) is 11.1 Å². The maximum Gasteiger partial charge on any atom is 0.419 e. The molecule has 0 aliphatic carbocycles. The second-order valence-electron chi connectivity index (χ2n) is 6.76. The maximum atomic E-state index is 13.4. The number of rotatable bonds is 6. The Morgan fingerprint density at radius 2 is 1.90 bits per heavy atom. The monoisotopic (exact) mass is 407 g/mol. The molecule has 0 atom stereocenters. The molecule has 0 aliphatic heterocycles. The number of nitrogens with one attached hydrogen (secondary N) is 1. The second-order valence-corrected chi connectivity index (χ2v) is 6.76. The van der Waals surface area contributed by atoms with E-state index in [2.05, 4.69) is 5.32 Å². The Bertz CT molecular complexity index is 1080.